The van der Waals surface area contributed by atoms with Crippen molar-refractivity contribution in [1.29, 1.82) is 0 Å². The van der Waals surface area contributed by atoms with Gasteiger partial charge in [0.1, 0.15) is 0 Å². The number of morpholine rings is 1. The van der Waals surface area contributed by atoms with Crippen LogP contribution in [0.15, 0.2) is 22.9 Å². The largest absolute Gasteiger partial charge is 0.403 e. The molecule has 1 amide bonds. The summed E-state index contributed by atoms with van der Waals surface area (Å²) < 4.78 is 12.9. The third-order valence-electron chi connectivity index (χ3n) is 6.83. The van der Waals surface area contributed by atoms with Gasteiger partial charge in [-0.25, -0.2) is 4.52 Å². The maximum absolute atomic E-state index is 12.1. The highest BCUT2D eigenvalue weighted by Crippen LogP contribution is 2.49. The molecule has 2 aliphatic rings. The first kappa shape index (κ1) is 21.7. The van der Waals surface area contributed by atoms with Crippen molar-refractivity contribution in [1.82, 2.24) is 24.7 Å². The van der Waals surface area contributed by atoms with Crippen molar-refractivity contribution in [3.05, 3.63) is 24.0 Å². The summed E-state index contributed by atoms with van der Waals surface area (Å²) in [6.45, 7) is 9.36. The summed E-state index contributed by atoms with van der Waals surface area (Å²) in [6.07, 6.45) is 5.61. The Morgan fingerprint density at radius 3 is 2.82 bits per heavy atom. The lowest BCUT2D eigenvalue weighted by Crippen LogP contribution is -2.39. The molecule has 1 saturated heterocycles. The summed E-state index contributed by atoms with van der Waals surface area (Å²) in [6, 6.07) is 2.44. The molecule has 11 heteroatoms. The van der Waals surface area contributed by atoms with Gasteiger partial charge in [-0.1, -0.05) is 12.0 Å². The number of nitrogens with two attached hydrogens (primary N) is 1. The van der Waals surface area contributed by atoms with Crippen LogP contribution in [0, 0.1) is 5.41 Å². The van der Waals surface area contributed by atoms with Gasteiger partial charge in [0.2, 0.25) is 0 Å². The van der Waals surface area contributed by atoms with Crippen molar-refractivity contribution in [2.45, 2.75) is 32.7 Å². The molecule has 5 rings (SSSR count). The first-order valence-electron chi connectivity index (χ1n) is 11.4. The molecule has 3 aromatic heterocycles. The van der Waals surface area contributed by atoms with Crippen molar-refractivity contribution < 1.29 is 13.9 Å². The SMILES string of the molecule is C[C@@H](Nc1c(C(N)=O)cnn2cc(-c3nnc(NCCN4CCOCC4)o3)cc12)C1(C)CC1. The number of primary amides is 1. The van der Waals surface area contributed by atoms with Gasteiger partial charge < -0.3 is 25.5 Å². The fourth-order valence-electron chi connectivity index (χ4n) is 4.09. The van der Waals surface area contributed by atoms with Crippen LogP contribution in [0.3, 0.4) is 0 Å². The van der Waals surface area contributed by atoms with Gasteiger partial charge in [-0.15, -0.1) is 5.10 Å². The van der Waals surface area contributed by atoms with Crippen LogP contribution < -0.4 is 16.4 Å². The fourth-order valence-corrected chi connectivity index (χ4v) is 4.09. The second kappa shape index (κ2) is 8.64. The minimum absolute atomic E-state index is 0.186. The van der Waals surface area contributed by atoms with E-state index in [-0.39, 0.29) is 11.5 Å². The summed E-state index contributed by atoms with van der Waals surface area (Å²) in [5.74, 6) is -0.143. The normalized spacial score (nSPS) is 18.8. The number of anilines is 2. The molecule has 176 valence electrons. The smallest absolute Gasteiger partial charge is 0.315 e. The zero-order valence-corrected chi connectivity index (χ0v) is 19.0. The maximum Gasteiger partial charge on any atom is 0.315 e. The van der Waals surface area contributed by atoms with Crippen LogP contribution in [0.1, 0.15) is 37.0 Å². The molecular weight excluding hydrogens is 424 g/mol. The van der Waals surface area contributed by atoms with Gasteiger partial charge in [-0.3, -0.25) is 9.69 Å². The van der Waals surface area contributed by atoms with E-state index in [4.69, 9.17) is 14.9 Å². The second-order valence-corrected chi connectivity index (χ2v) is 9.17. The van der Waals surface area contributed by atoms with Crippen molar-refractivity contribution in [3.8, 4) is 11.5 Å². The highest BCUT2D eigenvalue weighted by Gasteiger charge is 2.43. The van der Waals surface area contributed by atoms with Gasteiger partial charge in [0.25, 0.3) is 11.8 Å². The lowest BCUT2D eigenvalue weighted by molar-refractivity contribution is 0.0398. The van der Waals surface area contributed by atoms with Crippen LogP contribution in [0.5, 0.6) is 0 Å². The third kappa shape index (κ3) is 4.51. The Hall–Kier alpha value is -3.18. The molecule has 11 nitrogen and oxygen atoms in total. The lowest BCUT2D eigenvalue weighted by Gasteiger charge is -2.26. The highest BCUT2D eigenvalue weighted by atomic mass is 16.5. The lowest BCUT2D eigenvalue weighted by atomic mass is 10.00. The predicted molar refractivity (Wildman–Crippen MR) is 123 cm³/mol. The molecule has 0 radical (unpaired) electrons. The topological polar surface area (TPSA) is 136 Å². The molecule has 0 unspecified atom stereocenters. The number of hydrogen-bond donors (Lipinski definition) is 3. The number of nitrogens with one attached hydrogen (secondary N) is 2. The Morgan fingerprint density at radius 1 is 1.30 bits per heavy atom. The molecule has 33 heavy (non-hydrogen) atoms. The number of carbonyl (C=O) groups excluding carboxylic acids is 1. The van der Waals surface area contributed by atoms with E-state index in [0.717, 1.165) is 51.2 Å². The molecule has 1 aliphatic carbocycles. The molecule has 1 atom stereocenters. The van der Waals surface area contributed by atoms with E-state index >= 15 is 0 Å². The third-order valence-corrected chi connectivity index (χ3v) is 6.83. The van der Waals surface area contributed by atoms with Gasteiger partial charge in [0.15, 0.2) is 0 Å². The Morgan fingerprint density at radius 2 is 2.09 bits per heavy atom. The van der Waals surface area contributed by atoms with Crippen LogP contribution in [0.25, 0.3) is 17.0 Å². The minimum Gasteiger partial charge on any atom is -0.403 e. The first-order chi connectivity index (χ1) is 15.9. The summed E-state index contributed by atoms with van der Waals surface area (Å²) in [7, 11) is 0. The average Bonchev–Trinajstić information content (AvgIpc) is 3.21. The summed E-state index contributed by atoms with van der Waals surface area (Å²) >= 11 is 0. The number of carbonyl (C=O) groups is 1. The molecule has 1 aliphatic heterocycles. The summed E-state index contributed by atoms with van der Waals surface area (Å²) in [5.41, 5.74) is 8.34. The Kier molecular flexibility index (Phi) is 5.67. The van der Waals surface area contributed by atoms with E-state index in [0.29, 0.717) is 35.3 Å². The van der Waals surface area contributed by atoms with Crippen LogP contribution in [-0.4, -0.2) is 76.1 Å². The quantitative estimate of drug-likeness (QED) is 0.442. The Bertz CT molecular complexity index is 1150. The van der Waals surface area contributed by atoms with E-state index in [1.54, 1.807) is 10.7 Å². The Labute approximate surface area is 191 Å². The van der Waals surface area contributed by atoms with Gasteiger partial charge in [0, 0.05) is 38.4 Å². The standard InChI is InChI=1S/C22H30N8O3/c1-14(22(2)3-4-22)26-18-16(19(23)31)12-25-30-13-15(11-17(18)30)20-27-28-21(33-20)24-5-6-29-7-9-32-10-8-29/h11-14,26H,3-10H2,1-2H3,(H2,23,31)(H,24,28)/t14-/m1/s1. The monoisotopic (exact) mass is 454 g/mol. The maximum atomic E-state index is 12.1. The van der Waals surface area contributed by atoms with Crippen molar-refractivity contribution in [2.75, 3.05) is 50.0 Å². The number of nitrogens with zero attached hydrogens (tertiary/aromatic N) is 5. The number of rotatable bonds is 9. The average molecular weight is 455 g/mol. The molecule has 3 aromatic rings. The van der Waals surface area contributed by atoms with E-state index in [2.05, 4.69) is 44.7 Å². The molecule has 0 bridgehead atoms. The van der Waals surface area contributed by atoms with Crippen LogP contribution in [0.2, 0.25) is 0 Å². The molecule has 2 fully saturated rings. The number of hydrogen-bond acceptors (Lipinski definition) is 9. The van der Waals surface area contributed by atoms with Gasteiger partial charge in [-0.2, -0.15) is 5.10 Å². The molecule has 0 aromatic carbocycles. The molecular formula is C22H30N8O3. The van der Waals surface area contributed by atoms with E-state index < -0.39 is 5.91 Å². The molecule has 0 spiro atoms. The van der Waals surface area contributed by atoms with Gasteiger partial charge >= 0.3 is 6.01 Å². The zero-order valence-electron chi connectivity index (χ0n) is 19.0. The van der Waals surface area contributed by atoms with Gasteiger partial charge in [0.05, 0.1) is 41.7 Å². The summed E-state index contributed by atoms with van der Waals surface area (Å²) in [4.78, 5) is 14.4. The Balaban J connectivity index is 1.34. The molecule has 4 heterocycles. The van der Waals surface area contributed by atoms with Crippen molar-refractivity contribution in [2.24, 2.45) is 11.1 Å². The highest BCUT2D eigenvalue weighted by molar-refractivity contribution is 6.02. The van der Waals surface area contributed by atoms with Crippen LogP contribution >= 0.6 is 0 Å². The molecule has 1 saturated carbocycles. The van der Waals surface area contributed by atoms with E-state index in [1.165, 1.54) is 6.20 Å². The van der Waals surface area contributed by atoms with Crippen LogP contribution in [0.4, 0.5) is 11.7 Å². The second-order valence-electron chi connectivity index (χ2n) is 9.17. The van der Waals surface area contributed by atoms with Crippen molar-refractivity contribution in [3.63, 3.8) is 0 Å². The first-order valence-corrected chi connectivity index (χ1v) is 11.4. The minimum atomic E-state index is -0.520. The van der Waals surface area contributed by atoms with Crippen molar-refractivity contribution >= 4 is 23.1 Å². The summed E-state index contributed by atoms with van der Waals surface area (Å²) in [5, 5.41) is 19.3. The number of aromatic nitrogens is 4. The van der Waals surface area contributed by atoms with E-state index in [1.807, 2.05) is 6.07 Å². The van der Waals surface area contributed by atoms with E-state index in [9.17, 15) is 4.79 Å². The predicted octanol–water partition coefficient (Wildman–Crippen LogP) is 1.83. The van der Waals surface area contributed by atoms with Gasteiger partial charge in [-0.05, 0) is 31.2 Å². The van der Waals surface area contributed by atoms with Crippen LogP contribution in [-0.2, 0) is 4.74 Å². The number of fused-ring (bicyclic) bond motifs is 1. The number of ether oxygens (including phenoxy) is 1. The fraction of sp³-hybridized carbons (Fsp3) is 0.545. The number of amides is 1. The molecule has 4 N–H and O–H groups in total. The zero-order chi connectivity index (χ0) is 23.0.